The molecule has 1 rings (SSSR count). The third kappa shape index (κ3) is 1.21. The van der Waals surface area contributed by atoms with Crippen molar-refractivity contribution in [2.75, 3.05) is 0 Å². The van der Waals surface area contributed by atoms with Crippen LogP contribution in [0.1, 0.15) is 0 Å². The minimum Gasteiger partial charge on any atom is -0.302 e. The van der Waals surface area contributed by atoms with Crippen LogP contribution in [0.5, 0.6) is 0 Å². The predicted molar refractivity (Wildman–Crippen MR) is 41.9 cm³/mol. The van der Waals surface area contributed by atoms with Crippen LogP contribution in [0, 0.1) is 0 Å². The van der Waals surface area contributed by atoms with Crippen LogP contribution in [0.3, 0.4) is 0 Å². The number of hydrogen-bond donors (Lipinski definition) is 0. The van der Waals surface area contributed by atoms with Crippen LogP contribution < -0.4 is 11.2 Å². The molecule has 0 fully saturated rings. The van der Waals surface area contributed by atoms with Crippen molar-refractivity contribution in [3.63, 3.8) is 0 Å². The number of rotatable bonds is 0. The van der Waals surface area contributed by atoms with Crippen molar-refractivity contribution < 1.29 is 0 Å². The Labute approximate surface area is 67.6 Å². The molecule has 5 heteroatoms. The first-order valence-electron chi connectivity index (χ1n) is 2.96. The van der Waals surface area contributed by atoms with Gasteiger partial charge < -0.3 is 4.57 Å². The van der Waals surface area contributed by atoms with E-state index in [-0.39, 0.29) is 10.7 Å². The Bertz CT molecular complexity index is 356. The molecule has 60 valence electrons. The molecule has 0 saturated heterocycles. The molecule has 1 heterocycles. The van der Waals surface area contributed by atoms with Crippen LogP contribution in [0.25, 0.3) is 0 Å². The second-order valence-electron chi connectivity index (χ2n) is 2.23. The molecular weight excluding hydrogens is 168 g/mol. The van der Waals surface area contributed by atoms with Crippen LogP contribution in [-0.2, 0) is 14.1 Å². The average molecular weight is 175 g/mol. The predicted octanol–water partition coefficient (Wildman–Crippen LogP) is -0.263. The van der Waals surface area contributed by atoms with Gasteiger partial charge in [-0.25, -0.2) is 4.79 Å². The molecule has 0 saturated carbocycles. The van der Waals surface area contributed by atoms with E-state index in [1.165, 1.54) is 24.9 Å². The fourth-order valence-corrected chi connectivity index (χ4v) is 1.04. The Hall–Kier alpha value is -1.03. The lowest BCUT2D eigenvalue weighted by Crippen LogP contribution is -2.36. The zero-order valence-electron chi connectivity index (χ0n) is 6.17. The van der Waals surface area contributed by atoms with Crippen molar-refractivity contribution in [1.29, 1.82) is 0 Å². The summed E-state index contributed by atoms with van der Waals surface area (Å²) in [5, 5.41) is 0.0506. The van der Waals surface area contributed by atoms with Gasteiger partial charge in [-0.1, -0.05) is 11.6 Å². The summed E-state index contributed by atoms with van der Waals surface area (Å²) in [6.45, 7) is 0. The van der Waals surface area contributed by atoms with Gasteiger partial charge in [-0.2, -0.15) is 0 Å². The van der Waals surface area contributed by atoms with Crippen molar-refractivity contribution in [3.8, 4) is 0 Å². The maximum Gasteiger partial charge on any atom is 0.330 e. The van der Waals surface area contributed by atoms with E-state index < -0.39 is 5.56 Å². The molecule has 0 aliphatic heterocycles. The molecule has 4 nitrogen and oxygen atoms in total. The zero-order valence-corrected chi connectivity index (χ0v) is 6.92. The molecule has 1 aromatic heterocycles. The lowest BCUT2D eigenvalue weighted by Gasteiger charge is -2.00. The quantitative estimate of drug-likeness (QED) is 0.544. The number of halogens is 1. The maximum absolute atomic E-state index is 11.0. The van der Waals surface area contributed by atoms with E-state index in [0.717, 1.165) is 4.57 Å². The van der Waals surface area contributed by atoms with Gasteiger partial charge in [0.2, 0.25) is 0 Å². The molecular formula is C6H7ClN2O2. The summed E-state index contributed by atoms with van der Waals surface area (Å²) in [4.78, 5) is 22.0. The van der Waals surface area contributed by atoms with Crippen LogP contribution in [-0.4, -0.2) is 9.13 Å². The molecule has 1 aromatic rings. The van der Waals surface area contributed by atoms with Crippen molar-refractivity contribution in [3.05, 3.63) is 32.1 Å². The summed E-state index contributed by atoms with van der Waals surface area (Å²) in [5.41, 5.74) is -0.839. The highest BCUT2D eigenvalue weighted by molar-refractivity contribution is 6.30. The summed E-state index contributed by atoms with van der Waals surface area (Å²) >= 11 is 5.50. The highest BCUT2D eigenvalue weighted by Crippen LogP contribution is 1.94. The van der Waals surface area contributed by atoms with E-state index in [1.807, 2.05) is 0 Å². The Kier molecular flexibility index (Phi) is 1.87. The first-order chi connectivity index (χ1) is 5.04. The summed E-state index contributed by atoms with van der Waals surface area (Å²) in [7, 11) is 2.92. The van der Waals surface area contributed by atoms with E-state index in [1.54, 1.807) is 0 Å². The van der Waals surface area contributed by atoms with Crippen molar-refractivity contribution in [2.24, 2.45) is 14.1 Å². The molecule has 0 amide bonds. The normalized spacial score (nSPS) is 10.1. The van der Waals surface area contributed by atoms with Crippen molar-refractivity contribution >= 4 is 11.6 Å². The van der Waals surface area contributed by atoms with Gasteiger partial charge in [0.1, 0.15) is 5.02 Å². The van der Waals surface area contributed by atoms with Crippen LogP contribution in [0.2, 0.25) is 5.02 Å². The third-order valence-corrected chi connectivity index (χ3v) is 1.66. The molecule has 0 aromatic carbocycles. The lowest BCUT2D eigenvalue weighted by molar-refractivity contribution is 0.686. The number of nitrogens with zero attached hydrogens (tertiary/aromatic N) is 2. The Morgan fingerprint density at radius 3 is 2.45 bits per heavy atom. The van der Waals surface area contributed by atoms with Gasteiger partial charge in [0.15, 0.2) is 0 Å². The average Bonchev–Trinajstić information content (AvgIpc) is 1.97. The van der Waals surface area contributed by atoms with Gasteiger partial charge in [-0.3, -0.25) is 9.36 Å². The molecule has 0 spiro atoms. The van der Waals surface area contributed by atoms with Gasteiger partial charge in [0.05, 0.1) is 0 Å². The topological polar surface area (TPSA) is 44.0 Å². The maximum atomic E-state index is 11.0. The van der Waals surface area contributed by atoms with Gasteiger partial charge in [-0.15, -0.1) is 0 Å². The highest BCUT2D eigenvalue weighted by atomic mass is 35.5. The molecule has 0 unspecified atom stereocenters. The summed E-state index contributed by atoms with van der Waals surface area (Å²) < 4.78 is 2.21. The van der Waals surface area contributed by atoms with Crippen molar-refractivity contribution in [2.45, 2.75) is 0 Å². The standard InChI is InChI=1S/C6H7ClN2O2/c1-8-3-4(7)5(10)9(2)6(8)11/h3H,1-2H3. The van der Waals surface area contributed by atoms with Gasteiger partial charge >= 0.3 is 5.69 Å². The Balaban J connectivity index is 3.74. The summed E-state index contributed by atoms with van der Waals surface area (Å²) in [6, 6.07) is 0. The third-order valence-electron chi connectivity index (χ3n) is 1.40. The van der Waals surface area contributed by atoms with E-state index in [4.69, 9.17) is 11.6 Å². The zero-order chi connectivity index (χ0) is 8.59. The molecule has 0 bridgehead atoms. The summed E-state index contributed by atoms with van der Waals surface area (Å²) in [5.74, 6) is 0. The van der Waals surface area contributed by atoms with Gasteiger partial charge in [0.25, 0.3) is 5.56 Å². The van der Waals surface area contributed by atoms with Crippen LogP contribution in [0.15, 0.2) is 15.8 Å². The van der Waals surface area contributed by atoms with Crippen molar-refractivity contribution in [1.82, 2.24) is 9.13 Å². The summed E-state index contributed by atoms with van der Waals surface area (Å²) in [6.07, 6.45) is 1.30. The first-order valence-corrected chi connectivity index (χ1v) is 3.34. The first kappa shape index (κ1) is 8.07. The molecule has 11 heavy (non-hydrogen) atoms. The lowest BCUT2D eigenvalue weighted by atomic mass is 10.6. The van der Waals surface area contributed by atoms with E-state index in [2.05, 4.69) is 0 Å². The Morgan fingerprint density at radius 2 is 1.91 bits per heavy atom. The molecule has 0 N–H and O–H groups in total. The fourth-order valence-electron chi connectivity index (χ4n) is 0.764. The smallest absolute Gasteiger partial charge is 0.302 e. The van der Waals surface area contributed by atoms with Crippen LogP contribution >= 0.6 is 11.6 Å². The fraction of sp³-hybridized carbons (Fsp3) is 0.333. The largest absolute Gasteiger partial charge is 0.330 e. The minimum atomic E-state index is -0.463. The molecule has 0 atom stereocenters. The number of hydrogen-bond acceptors (Lipinski definition) is 2. The minimum absolute atomic E-state index is 0.0506. The van der Waals surface area contributed by atoms with Gasteiger partial charge in [0, 0.05) is 20.3 Å². The van der Waals surface area contributed by atoms with E-state index >= 15 is 0 Å². The van der Waals surface area contributed by atoms with Gasteiger partial charge in [-0.05, 0) is 0 Å². The second kappa shape index (κ2) is 2.54. The highest BCUT2D eigenvalue weighted by Gasteiger charge is 2.02. The molecule has 0 aliphatic carbocycles. The second-order valence-corrected chi connectivity index (χ2v) is 2.64. The molecule has 0 aliphatic rings. The SMILES string of the molecule is Cn1cc(Cl)c(=O)n(C)c1=O. The number of aryl methyl sites for hydroxylation is 1. The number of aromatic nitrogens is 2. The molecule has 0 radical (unpaired) electrons. The monoisotopic (exact) mass is 174 g/mol. The van der Waals surface area contributed by atoms with Crippen LogP contribution in [0.4, 0.5) is 0 Å². The Morgan fingerprint density at radius 1 is 1.36 bits per heavy atom. The van der Waals surface area contributed by atoms with E-state index in [9.17, 15) is 9.59 Å². The van der Waals surface area contributed by atoms with E-state index in [0.29, 0.717) is 0 Å².